The van der Waals surface area contributed by atoms with E-state index in [9.17, 15) is 9.90 Å². The van der Waals surface area contributed by atoms with E-state index in [1.54, 1.807) is 11.0 Å². The number of amides is 1. The number of nitrogens with zero attached hydrogens (tertiary/aromatic N) is 1. The highest BCUT2D eigenvalue weighted by Crippen LogP contribution is 2.37. The molecular formula is C15H20INO3. The number of ether oxygens (including phenoxy) is 1. The van der Waals surface area contributed by atoms with Gasteiger partial charge in [-0.25, -0.2) is 4.79 Å². The summed E-state index contributed by atoms with van der Waals surface area (Å²) in [5.41, 5.74) is 1.73. The molecule has 4 nitrogen and oxygen atoms in total. The van der Waals surface area contributed by atoms with Crippen molar-refractivity contribution in [3.63, 3.8) is 0 Å². The third-order valence-electron chi connectivity index (χ3n) is 3.39. The second-order valence-corrected chi connectivity index (χ2v) is 7.15. The molecule has 5 heteroatoms. The molecule has 0 bridgehead atoms. The summed E-state index contributed by atoms with van der Waals surface area (Å²) in [7, 11) is 0. The number of carbonyl (C=O) groups excluding carboxylic acids is 1. The van der Waals surface area contributed by atoms with Gasteiger partial charge in [-0.3, -0.25) is 0 Å². The number of carbonyl (C=O) groups is 1. The van der Waals surface area contributed by atoms with Crippen molar-refractivity contribution >= 4 is 28.7 Å². The third kappa shape index (κ3) is 3.02. The van der Waals surface area contributed by atoms with Crippen LogP contribution in [0.2, 0.25) is 0 Å². The van der Waals surface area contributed by atoms with Gasteiger partial charge in [0.05, 0.1) is 9.61 Å². The Labute approximate surface area is 133 Å². The second kappa shape index (κ2) is 5.42. The molecule has 1 N–H and O–H groups in total. The Morgan fingerprint density at radius 3 is 2.70 bits per heavy atom. The summed E-state index contributed by atoms with van der Waals surface area (Å²) in [6.07, 6.45) is 0.490. The molecule has 0 radical (unpaired) electrons. The van der Waals surface area contributed by atoms with Crippen LogP contribution in [-0.4, -0.2) is 28.2 Å². The zero-order valence-corrected chi connectivity index (χ0v) is 14.4. The smallest absolute Gasteiger partial charge is 0.410 e. The molecule has 1 aliphatic rings. The number of benzene rings is 1. The van der Waals surface area contributed by atoms with Crippen molar-refractivity contribution < 1.29 is 14.6 Å². The van der Waals surface area contributed by atoms with Crippen LogP contribution in [0.15, 0.2) is 12.1 Å². The lowest BCUT2D eigenvalue weighted by atomic mass is 9.93. The molecule has 1 unspecified atom stereocenters. The summed E-state index contributed by atoms with van der Waals surface area (Å²) in [4.78, 5) is 14.0. The van der Waals surface area contributed by atoms with Gasteiger partial charge in [0.25, 0.3) is 0 Å². The quantitative estimate of drug-likeness (QED) is 0.686. The molecule has 1 atom stereocenters. The van der Waals surface area contributed by atoms with Crippen LogP contribution in [-0.2, 0) is 11.2 Å². The predicted octanol–water partition coefficient (Wildman–Crippen LogP) is 3.85. The molecule has 0 aliphatic carbocycles. The summed E-state index contributed by atoms with van der Waals surface area (Å²) < 4.78 is 6.28. The summed E-state index contributed by atoms with van der Waals surface area (Å²) in [6.45, 7) is 8.21. The molecule has 110 valence electrons. The Bertz CT molecular complexity index is 537. The average Bonchev–Trinajstić information content (AvgIpc) is 2.31. The summed E-state index contributed by atoms with van der Waals surface area (Å²) in [5.74, 6) is 0.266. The maximum Gasteiger partial charge on any atom is 0.410 e. The molecule has 1 heterocycles. The highest BCUT2D eigenvalue weighted by atomic mass is 127. The van der Waals surface area contributed by atoms with Crippen LogP contribution < -0.4 is 0 Å². The Hall–Kier alpha value is -0.980. The van der Waals surface area contributed by atoms with Crippen LogP contribution in [0.1, 0.15) is 44.9 Å². The minimum Gasteiger partial charge on any atom is -0.507 e. The minimum absolute atomic E-state index is 0.0902. The standard InChI is InChI=1S/C15H20INO3/c1-9-12-10(5-6-11(18)13(12)16)7-8-17(9)14(19)20-15(2,3)4/h5-6,9,18H,7-8H2,1-4H3. The van der Waals surface area contributed by atoms with Crippen LogP contribution in [0.25, 0.3) is 0 Å². The molecule has 1 aromatic carbocycles. The predicted molar refractivity (Wildman–Crippen MR) is 85.9 cm³/mol. The van der Waals surface area contributed by atoms with Gasteiger partial charge >= 0.3 is 6.09 Å². The molecule has 1 amide bonds. The monoisotopic (exact) mass is 389 g/mol. The maximum absolute atomic E-state index is 12.3. The van der Waals surface area contributed by atoms with Crippen LogP contribution in [0.3, 0.4) is 0 Å². The fraction of sp³-hybridized carbons (Fsp3) is 0.533. The number of hydrogen-bond donors (Lipinski definition) is 1. The van der Waals surface area contributed by atoms with E-state index in [2.05, 4.69) is 22.6 Å². The SMILES string of the molecule is CC1c2c(ccc(O)c2I)CCN1C(=O)OC(C)(C)C. The van der Waals surface area contributed by atoms with Crippen molar-refractivity contribution in [2.45, 2.75) is 45.8 Å². The summed E-state index contributed by atoms with van der Waals surface area (Å²) in [5, 5.41) is 9.86. The summed E-state index contributed by atoms with van der Waals surface area (Å²) >= 11 is 2.14. The molecule has 1 aromatic rings. The lowest BCUT2D eigenvalue weighted by Crippen LogP contribution is -2.42. The Morgan fingerprint density at radius 1 is 1.45 bits per heavy atom. The minimum atomic E-state index is -0.497. The molecule has 0 fully saturated rings. The molecular weight excluding hydrogens is 369 g/mol. The third-order valence-corrected chi connectivity index (χ3v) is 4.52. The Morgan fingerprint density at radius 2 is 2.10 bits per heavy atom. The second-order valence-electron chi connectivity index (χ2n) is 6.07. The number of hydrogen-bond acceptors (Lipinski definition) is 3. The lowest BCUT2D eigenvalue weighted by molar-refractivity contribution is 0.0158. The maximum atomic E-state index is 12.3. The van der Waals surface area contributed by atoms with Crippen molar-refractivity contribution in [1.29, 1.82) is 0 Å². The zero-order valence-electron chi connectivity index (χ0n) is 12.2. The molecule has 1 aliphatic heterocycles. The van der Waals surface area contributed by atoms with Gasteiger partial charge in [-0.15, -0.1) is 0 Å². The molecule has 2 rings (SSSR count). The topological polar surface area (TPSA) is 49.8 Å². The first kappa shape index (κ1) is 15.4. The van der Waals surface area contributed by atoms with Gasteiger partial charge in [0.15, 0.2) is 0 Å². The highest BCUT2D eigenvalue weighted by Gasteiger charge is 2.32. The van der Waals surface area contributed by atoms with E-state index >= 15 is 0 Å². The molecule has 0 saturated carbocycles. The van der Waals surface area contributed by atoms with Crippen LogP contribution >= 0.6 is 22.6 Å². The van der Waals surface area contributed by atoms with Crippen molar-refractivity contribution in [1.82, 2.24) is 4.90 Å². The molecule has 0 saturated heterocycles. The van der Waals surface area contributed by atoms with Crippen molar-refractivity contribution in [2.24, 2.45) is 0 Å². The Kier molecular flexibility index (Phi) is 4.18. The van der Waals surface area contributed by atoms with Crippen molar-refractivity contribution in [2.75, 3.05) is 6.54 Å². The summed E-state index contributed by atoms with van der Waals surface area (Å²) in [6, 6.07) is 3.57. The first-order valence-electron chi connectivity index (χ1n) is 6.70. The van der Waals surface area contributed by atoms with Gasteiger partial charge in [-0.2, -0.15) is 0 Å². The average molecular weight is 389 g/mol. The fourth-order valence-corrected chi connectivity index (χ4v) is 3.43. The number of phenols is 1. The number of aromatic hydroxyl groups is 1. The number of halogens is 1. The van der Waals surface area contributed by atoms with Crippen molar-refractivity contribution in [3.05, 3.63) is 26.8 Å². The van der Waals surface area contributed by atoms with Crippen LogP contribution in [0.5, 0.6) is 5.75 Å². The Balaban J connectivity index is 2.29. The lowest BCUT2D eigenvalue weighted by Gasteiger charge is -2.37. The first-order valence-corrected chi connectivity index (χ1v) is 7.78. The highest BCUT2D eigenvalue weighted by molar-refractivity contribution is 14.1. The van der Waals surface area contributed by atoms with E-state index in [0.717, 1.165) is 15.6 Å². The van der Waals surface area contributed by atoms with E-state index in [4.69, 9.17) is 4.74 Å². The van der Waals surface area contributed by atoms with E-state index in [0.29, 0.717) is 6.54 Å². The molecule has 0 aromatic heterocycles. The van der Waals surface area contributed by atoms with Crippen molar-refractivity contribution in [3.8, 4) is 5.75 Å². The number of fused-ring (bicyclic) bond motifs is 1. The van der Waals surface area contributed by atoms with Gasteiger partial charge in [-0.05, 0) is 73.9 Å². The van der Waals surface area contributed by atoms with Gasteiger partial charge < -0.3 is 14.7 Å². The first-order chi connectivity index (χ1) is 9.20. The van der Waals surface area contributed by atoms with E-state index in [-0.39, 0.29) is 17.9 Å². The number of rotatable bonds is 0. The van der Waals surface area contributed by atoms with E-state index in [1.165, 1.54) is 5.56 Å². The normalized spacial score (nSPS) is 18.6. The van der Waals surface area contributed by atoms with Gasteiger partial charge in [0.2, 0.25) is 0 Å². The van der Waals surface area contributed by atoms with Crippen LogP contribution in [0, 0.1) is 3.57 Å². The van der Waals surface area contributed by atoms with Gasteiger partial charge in [0, 0.05) is 6.54 Å². The van der Waals surface area contributed by atoms with Crippen LogP contribution in [0.4, 0.5) is 4.79 Å². The van der Waals surface area contributed by atoms with E-state index < -0.39 is 5.60 Å². The molecule has 0 spiro atoms. The van der Waals surface area contributed by atoms with Gasteiger partial charge in [0.1, 0.15) is 11.4 Å². The van der Waals surface area contributed by atoms with E-state index in [1.807, 2.05) is 33.8 Å². The largest absolute Gasteiger partial charge is 0.507 e. The van der Waals surface area contributed by atoms with Gasteiger partial charge in [-0.1, -0.05) is 6.07 Å². The molecule has 20 heavy (non-hydrogen) atoms. The fourth-order valence-electron chi connectivity index (χ4n) is 2.45. The number of phenolic OH excluding ortho intramolecular Hbond substituents is 1. The zero-order chi connectivity index (χ0) is 15.1.